The molecule has 1 aromatic rings. The minimum Gasteiger partial charge on any atom is -0.352 e. The van der Waals surface area contributed by atoms with Gasteiger partial charge in [0, 0.05) is 12.4 Å². The van der Waals surface area contributed by atoms with Gasteiger partial charge in [0.1, 0.15) is 0 Å². The molecule has 0 saturated carbocycles. The van der Waals surface area contributed by atoms with Crippen LogP contribution in [0.25, 0.3) is 0 Å². The van der Waals surface area contributed by atoms with E-state index in [1.807, 2.05) is 6.92 Å². The third kappa shape index (κ3) is 2.34. The van der Waals surface area contributed by atoms with Gasteiger partial charge in [-0.3, -0.25) is 4.79 Å². The van der Waals surface area contributed by atoms with Gasteiger partial charge in [0.2, 0.25) is 0 Å². The van der Waals surface area contributed by atoms with Crippen LogP contribution in [-0.2, 0) is 0 Å². The molecule has 0 fully saturated rings. The van der Waals surface area contributed by atoms with Crippen molar-refractivity contribution in [2.75, 3.05) is 5.32 Å². The first-order valence-corrected chi connectivity index (χ1v) is 4.04. The predicted octanol–water partition coefficient (Wildman–Crippen LogP) is 0.594. The Balaban J connectivity index is 2.81. The van der Waals surface area contributed by atoms with Crippen molar-refractivity contribution in [1.82, 2.24) is 9.97 Å². The van der Waals surface area contributed by atoms with E-state index in [4.69, 9.17) is 6.42 Å². The van der Waals surface area contributed by atoms with Crippen molar-refractivity contribution in [3.05, 3.63) is 22.7 Å². The van der Waals surface area contributed by atoms with Crippen LogP contribution in [0.5, 0.6) is 0 Å². The molecule has 4 nitrogen and oxygen atoms in total. The van der Waals surface area contributed by atoms with Gasteiger partial charge >= 0.3 is 0 Å². The van der Waals surface area contributed by atoms with Crippen molar-refractivity contribution >= 4 is 5.82 Å². The van der Waals surface area contributed by atoms with Crippen LogP contribution < -0.4 is 10.9 Å². The molecule has 0 bridgehead atoms. The van der Waals surface area contributed by atoms with Crippen LogP contribution in [0, 0.1) is 12.3 Å². The minimum absolute atomic E-state index is 0.143. The van der Waals surface area contributed by atoms with Gasteiger partial charge in [-0.2, -0.15) is 0 Å². The highest BCUT2D eigenvalue weighted by atomic mass is 16.1. The molecule has 1 aromatic heterocycles. The van der Waals surface area contributed by atoms with Crippen LogP contribution in [-0.4, -0.2) is 16.0 Å². The SMILES string of the molecule is C#CC(CC)Nc1ncc[nH]c1=O. The molecular weight excluding hydrogens is 166 g/mol. The number of nitrogens with zero attached hydrogens (tertiary/aromatic N) is 1. The molecule has 68 valence electrons. The second-order valence-electron chi connectivity index (χ2n) is 2.54. The van der Waals surface area contributed by atoms with Crippen molar-refractivity contribution in [1.29, 1.82) is 0 Å². The van der Waals surface area contributed by atoms with Gasteiger partial charge in [-0.15, -0.1) is 6.42 Å². The van der Waals surface area contributed by atoms with Gasteiger partial charge in [-0.25, -0.2) is 4.98 Å². The van der Waals surface area contributed by atoms with Gasteiger partial charge in [0.25, 0.3) is 5.56 Å². The van der Waals surface area contributed by atoms with Crippen LogP contribution in [0.3, 0.4) is 0 Å². The lowest BCUT2D eigenvalue weighted by Gasteiger charge is -2.09. The van der Waals surface area contributed by atoms with E-state index in [2.05, 4.69) is 21.2 Å². The third-order valence-corrected chi connectivity index (χ3v) is 1.63. The van der Waals surface area contributed by atoms with Gasteiger partial charge in [-0.05, 0) is 6.42 Å². The third-order valence-electron chi connectivity index (χ3n) is 1.63. The summed E-state index contributed by atoms with van der Waals surface area (Å²) in [6.07, 6.45) is 8.97. The van der Waals surface area contributed by atoms with Crippen LogP contribution in [0.4, 0.5) is 5.82 Å². The van der Waals surface area contributed by atoms with E-state index < -0.39 is 0 Å². The van der Waals surface area contributed by atoms with Crippen LogP contribution in [0.1, 0.15) is 13.3 Å². The highest BCUT2D eigenvalue weighted by Gasteiger charge is 2.04. The van der Waals surface area contributed by atoms with Crippen LogP contribution in [0.2, 0.25) is 0 Å². The molecule has 0 spiro atoms. The van der Waals surface area contributed by atoms with Crippen molar-refractivity contribution in [3.8, 4) is 12.3 Å². The minimum atomic E-state index is -0.254. The molecule has 0 aromatic carbocycles. The second-order valence-corrected chi connectivity index (χ2v) is 2.54. The van der Waals surface area contributed by atoms with Crippen molar-refractivity contribution in [2.45, 2.75) is 19.4 Å². The standard InChI is InChI=1S/C9H11N3O/c1-3-7(4-2)12-8-9(13)11-6-5-10-8/h1,5-7H,4H2,2H3,(H,10,12)(H,11,13). The quantitative estimate of drug-likeness (QED) is 0.664. The van der Waals surface area contributed by atoms with Crippen LogP contribution in [0.15, 0.2) is 17.2 Å². The lowest BCUT2D eigenvalue weighted by molar-refractivity contribution is 0.845. The first-order chi connectivity index (χ1) is 6.27. The molecule has 1 unspecified atom stereocenters. The van der Waals surface area contributed by atoms with E-state index in [1.54, 1.807) is 0 Å². The molecule has 1 atom stereocenters. The smallest absolute Gasteiger partial charge is 0.290 e. The topological polar surface area (TPSA) is 57.8 Å². The number of anilines is 1. The maximum absolute atomic E-state index is 11.1. The predicted molar refractivity (Wildman–Crippen MR) is 51.4 cm³/mol. The molecule has 1 heterocycles. The fourth-order valence-corrected chi connectivity index (χ4v) is 0.881. The summed E-state index contributed by atoms with van der Waals surface area (Å²) in [6, 6.07) is -0.143. The number of hydrogen-bond donors (Lipinski definition) is 2. The summed E-state index contributed by atoms with van der Waals surface area (Å²) in [5, 5.41) is 2.86. The number of H-pyrrole nitrogens is 1. The normalized spacial score (nSPS) is 11.7. The van der Waals surface area contributed by atoms with Gasteiger partial charge < -0.3 is 10.3 Å². The molecule has 1 rings (SSSR count). The van der Waals surface area contributed by atoms with Gasteiger partial charge in [0.05, 0.1) is 6.04 Å². The Morgan fingerprint density at radius 1 is 1.85 bits per heavy atom. The van der Waals surface area contributed by atoms with E-state index in [-0.39, 0.29) is 17.4 Å². The second kappa shape index (κ2) is 4.31. The van der Waals surface area contributed by atoms with E-state index in [1.165, 1.54) is 12.4 Å². The molecule has 0 saturated heterocycles. The Bertz CT molecular complexity index is 364. The zero-order chi connectivity index (χ0) is 9.68. The van der Waals surface area contributed by atoms with Crippen LogP contribution >= 0.6 is 0 Å². The number of hydrogen-bond acceptors (Lipinski definition) is 3. The molecule has 2 N–H and O–H groups in total. The van der Waals surface area contributed by atoms with Crippen molar-refractivity contribution < 1.29 is 0 Å². The molecular formula is C9H11N3O. The van der Waals surface area contributed by atoms with E-state index in [9.17, 15) is 4.79 Å². The molecule has 0 amide bonds. The number of nitrogens with one attached hydrogen (secondary N) is 2. The monoisotopic (exact) mass is 177 g/mol. The molecule has 0 aliphatic rings. The number of aromatic amines is 1. The summed E-state index contributed by atoms with van der Waals surface area (Å²) in [7, 11) is 0. The summed E-state index contributed by atoms with van der Waals surface area (Å²) in [4.78, 5) is 17.5. The Hall–Kier alpha value is -1.76. The Kier molecular flexibility index (Phi) is 3.09. The summed E-state index contributed by atoms with van der Waals surface area (Å²) >= 11 is 0. The largest absolute Gasteiger partial charge is 0.352 e. The lowest BCUT2D eigenvalue weighted by atomic mass is 10.2. The maximum atomic E-state index is 11.1. The number of terminal acetylenes is 1. The van der Waals surface area contributed by atoms with E-state index in [0.29, 0.717) is 0 Å². The van der Waals surface area contributed by atoms with E-state index >= 15 is 0 Å². The average molecular weight is 177 g/mol. The molecule has 4 heteroatoms. The van der Waals surface area contributed by atoms with Crippen molar-refractivity contribution in [3.63, 3.8) is 0 Å². The Morgan fingerprint density at radius 2 is 2.62 bits per heavy atom. The lowest BCUT2D eigenvalue weighted by Crippen LogP contribution is -2.23. The number of aromatic nitrogens is 2. The summed E-state index contributed by atoms with van der Waals surface area (Å²) < 4.78 is 0. The fourth-order valence-electron chi connectivity index (χ4n) is 0.881. The van der Waals surface area contributed by atoms with Gasteiger partial charge in [0.15, 0.2) is 5.82 Å². The molecule has 0 aliphatic heterocycles. The summed E-state index contributed by atoms with van der Waals surface area (Å²) in [5.41, 5.74) is -0.254. The summed E-state index contributed by atoms with van der Waals surface area (Å²) in [5.74, 6) is 2.79. The Labute approximate surface area is 76.4 Å². The zero-order valence-electron chi connectivity index (χ0n) is 7.37. The van der Waals surface area contributed by atoms with Gasteiger partial charge in [-0.1, -0.05) is 12.8 Å². The molecule has 0 radical (unpaired) electrons. The fraction of sp³-hybridized carbons (Fsp3) is 0.333. The number of rotatable bonds is 3. The highest BCUT2D eigenvalue weighted by Crippen LogP contribution is 1.97. The summed E-state index contributed by atoms with van der Waals surface area (Å²) in [6.45, 7) is 1.94. The van der Waals surface area contributed by atoms with E-state index in [0.717, 1.165) is 6.42 Å². The molecule has 0 aliphatic carbocycles. The zero-order valence-corrected chi connectivity index (χ0v) is 7.37. The average Bonchev–Trinajstić information content (AvgIpc) is 2.17. The molecule has 13 heavy (non-hydrogen) atoms. The highest BCUT2D eigenvalue weighted by molar-refractivity contribution is 5.34. The maximum Gasteiger partial charge on any atom is 0.290 e. The first kappa shape index (κ1) is 9.33. The Morgan fingerprint density at radius 3 is 3.15 bits per heavy atom. The van der Waals surface area contributed by atoms with Crippen molar-refractivity contribution in [2.24, 2.45) is 0 Å². The first-order valence-electron chi connectivity index (χ1n) is 4.04.